The smallest absolute Gasteiger partial charge is 0.309 e. The molecule has 2 nitrogen and oxygen atoms in total. The zero-order chi connectivity index (χ0) is 8.36. The lowest BCUT2D eigenvalue weighted by Gasteiger charge is -2.20. The van der Waals surface area contributed by atoms with Gasteiger partial charge < -0.3 is 4.74 Å². The van der Waals surface area contributed by atoms with E-state index in [1.165, 1.54) is 0 Å². The van der Waals surface area contributed by atoms with E-state index < -0.39 is 11.5 Å². The Kier molecular flexibility index (Phi) is 2.88. The molecule has 0 aliphatic heterocycles. The minimum absolute atomic E-state index is 0.354. The standard InChI is InChI=1S/C8H14O2/c1-6(2)7(9)10-8(3,4)5/h1,6H,2-5H3. The molecule has 0 amide bonds. The second-order valence-corrected chi connectivity index (χ2v) is 3.32. The van der Waals surface area contributed by atoms with Gasteiger partial charge in [0.2, 0.25) is 0 Å². The third-order valence-electron chi connectivity index (χ3n) is 0.779. The van der Waals surface area contributed by atoms with Crippen LogP contribution in [0.5, 0.6) is 0 Å². The fourth-order valence-corrected chi connectivity index (χ4v) is 0.395. The SMILES string of the molecule is [CH]C(C)C(=O)OC(C)(C)C. The van der Waals surface area contributed by atoms with E-state index in [0.717, 1.165) is 0 Å². The fraction of sp³-hybridized carbons (Fsp3) is 0.750. The van der Waals surface area contributed by atoms with Gasteiger partial charge in [0.05, 0.1) is 5.92 Å². The van der Waals surface area contributed by atoms with Gasteiger partial charge in [-0.25, -0.2) is 0 Å². The predicted molar refractivity (Wildman–Crippen MR) is 39.3 cm³/mol. The molecule has 0 saturated heterocycles. The third-order valence-corrected chi connectivity index (χ3v) is 0.779. The van der Waals surface area contributed by atoms with Crippen LogP contribution in [0.25, 0.3) is 0 Å². The number of esters is 1. The van der Waals surface area contributed by atoms with Crippen LogP contribution in [0.1, 0.15) is 27.7 Å². The maximum Gasteiger partial charge on any atom is 0.309 e. The van der Waals surface area contributed by atoms with Crippen LogP contribution < -0.4 is 0 Å². The first-order chi connectivity index (χ1) is 4.33. The third kappa shape index (κ3) is 4.36. The predicted octanol–water partition coefficient (Wildman–Crippen LogP) is 1.68. The normalized spacial score (nSPS) is 11.8. The van der Waals surface area contributed by atoms with Gasteiger partial charge in [-0.05, 0) is 27.7 Å². The summed E-state index contributed by atoms with van der Waals surface area (Å²) in [5, 5.41) is 0. The molecule has 2 radical (unpaired) electrons. The first kappa shape index (κ1) is 9.47. The molecule has 0 rings (SSSR count). The van der Waals surface area contributed by atoms with Gasteiger partial charge >= 0.3 is 5.97 Å². The molecule has 1 unspecified atom stereocenters. The number of carbonyl (C=O) groups is 1. The largest absolute Gasteiger partial charge is 0.460 e. The Balaban J connectivity index is 3.81. The van der Waals surface area contributed by atoms with Gasteiger partial charge in [0.25, 0.3) is 0 Å². The second kappa shape index (κ2) is 3.04. The highest BCUT2D eigenvalue weighted by atomic mass is 16.6. The van der Waals surface area contributed by atoms with Gasteiger partial charge in [0.15, 0.2) is 0 Å². The summed E-state index contributed by atoms with van der Waals surface area (Å²) < 4.78 is 4.94. The molecule has 0 spiro atoms. The van der Waals surface area contributed by atoms with E-state index in [4.69, 9.17) is 11.7 Å². The number of hydrogen-bond donors (Lipinski definition) is 0. The average Bonchev–Trinajstić information content (AvgIpc) is 1.60. The fourth-order valence-electron chi connectivity index (χ4n) is 0.395. The minimum Gasteiger partial charge on any atom is -0.460 e. The molecule has 58 valence electrons. The molecular formula is C8H14O2. The molecule has 0 aliphatic rings. The molecule has 10 heavy (non-hydrogen) atoms. The maximum atomic E-state index is 10.8. The monoisotopic (exact) mass is 142 g/mol. The van der Waals surface area contributed by atoms with Crippen molar-refractivity contribution in [2.24, 2.45) is 5.92 Å². The van der Waals surface area contributed by atoms with Gasteiger partial charge in [0, 0.05) is 0 Å². The van der Waals surface area contributed by atoms with Crippen molar-refractivity contribution in [3.05, 3.63) is 6.92 Å². The molecule has 0 aliphatic carbocycles. The average molecular weight is 142 g/mol. The molecule has 0 bridgehead atoms. The number of hydrogen-bond acceptors (Lipinski definition) is 2. The summed E-state index contributed by atoms with van der Waals surface area (Å²) in [5.41, 5.74) is -0.426. The maximum absolute atomic E-state index is 10.8. The summed E-state index contributed by atoms with van der Waals surface area (Å²) in [7, 11) is 0. The molecule has 2 heteroatoms. The summed E-state index contributed by atoms with van der Waals surface area (Å²) in [6.07, 6.45) is 0. The Morgan fingerprint density at radius 1 is 1.50 bits per heavy atom. The van der Waals surface area contributed by atoms with E-state index in [2.05, 4.69) is 0 Å². The molecule has 0 saturated carbocycles. The zero-order valence-corrected chi connectivity index (χ0v) is 6.97. The van der Waals surface area contributed by atoms with Crippen LogP contribution in [0, 0.1) is 12.8 Å². The van der Waals surface area contributed by atoms with Gasteiger partial charge in [-0.15, -0.1) is 0 Å². The van der Waals surface area contributed by atoms with E-state index in [9.17, 15) is 4.79 Å². The highest BCUT2D eigenvalue weighted by Crippen LogP contribution is 2.09. The van der Waals surface area contributed by atoms with Crippen LogP contribution in [0.3, 0.4) is 0 Å². The van der Waals surface area contributed by atoms with Gasteiger partial charge in [0.1, 0.15) is 5.60 Å². The quantitative estimate of drug-likeness (QED) is 0.520. The molecule has 0 aromatic carbocycles. The van der Waals surface area contributed by atoms with Crippen LogP contribution in [0.4, 0.5) is 0 Å². The van der Waals surface area contributed by atoms with Crippen LogP contribution in [0.2, 0.25) is 0 Å². The minimum atomic E-state index is -0.528. The van der Waals surface area contributed by atoms with Crippen molar-refractivity contribution < 1.29 is 9.53 Å². The highest BCUT2D eigenvalue weighted by Gasteiger charge is 2.18. The molecule has 0 fully saturated rings. The molecule has 0 aromatic heterocycles. The van der Waals surface area contributed by atoms with Crippen LogP contribution >= 0.6 is 0 Å². The van der Waals surface area contributed by atoms with Crippen molar-refractivity contribution in [2.75, 3.05) is 0 Å². The van der Waals surface area contributed by atoms with Crippen molar-refractivity contribution in [2.45, 2.75) is 33.3 Å². The Hall–Kier alpha value is -0.530. The van der Waals surface area contributed by atoms with E-state index in [0.29, 0.717) is 0 Å². The molecule has 1 atom stereocenters. The summed E-state index contributed by atoms with van der Waals surface area (Å²) in [4.78, 5) is 10.8. The molecule has 0 aromatic rings. The number of ether oxygens (including phenoxy) is 1. The van der Waals surface area contributed by atoms with E-state index in [-0.39, 0.29) is 5.97 Å². The Morgan fingerprint density at radius 3 is 2.00 bits per heavy atom. The summed E-state index contributed by atoms with van der Waals surface area (Å²) >= 11 is 0. The van der Waals surface area contributed by atoms with Gasteiger partial charge in [-0.1, -0.05) is 6.92 Å². The van der Waals surface area contributed by atoms with Crippen molar-refractivity contribution in [3.8, 4) is 0 Å². The lowest BCUT2D eigenvalue weighted by molar-refractivity contribution is -0.157. The topological polar surface area (TPSA) is 26.3 Å². The Bertz CT molecular complexity index is 120. The molecular weight excluding hydrogens is 128 g/mol. The Morgan fingerprint density at radius 2 is 1.90 bits per heavy atom. The summed E-state index contributed by atoms with van der Waals surface area (Å²) in [6.45, 7) is 12.3. The van der Waals surface area contributed by atoms with Crippen molar-refractivity contribution in [3.63, 3.8) is 0 Å². The zero-order valence-electron chi connectivity index (χ0n) is 6.97. The lowest BCUT2D eigenvalue weighted by Crippen LogP contribution is -2.26. The van der Waals surface area contributed by atoms with Gasteiger partial charge in [-0.3, -0.25) is 4.79 Å². The second-order valence-electron chi connectivity index (χ2n) is 3.32. The van der Waals surface area contributed by atoms with E-state index in [1.807, 2.05) is 20.8 Å². The highest BCUT2D eigenvalue weighted by molar-refractivity contribution is 5.72. The molecule has 0 heterocycles. The lowest BCUT2D eigenvalue weighted by atomic mass is 10.1. The summed E-state index contributed by atoms with van der Waals surface area (Å²) in [6, 6.07) is 0. The van der Waals surface area contributed by atoms with Crippen molar-refractivity contribution in [1.82, 2.24) is 0 Å². The van der Waals surface area contributed by atoms with E-state index >= 15 is 0 Å². The van der Waals surface area contributed by atoms with Crippen molar-refractivity contribution in [1.29, 1.82) is 0 Å². The Labute approximate surface area is 62.6 Å². The van der Waals surface area contributed by atoms with Crippen LogP contribution in [-0.4, -0.2) is 11.6 Å². The van der Waals surface area contributed by atoms with E-state index in [1.54, 1.807) is 6.92 Å². The first-order valence-electron chi connectivity index (χ1n) is 3.31. The molecule has 0 N–H and O–H groups in total. The van der Waals surface area contributed by atoms with Crippen LogP contribution in [0.15, 0.2) is 0 Å². The number of rotatable bonds is 1. The first-order valence-corrected chi connectivity index (χ1v) is 3.31. The van der Waals surface area contributed by atoms with Crippen molar-refractivity contribution >= 4 is 5.97 Å². The number of carbonyl (C=O) groups excluding carboxylic acids is 1. The van der Waals surface area contributed by atoms with Crippen LogP contribution in [-0.2, 0) is 9.53 Å². The van der Waals surface area contributed by atoms with Gasteiger partial charge in [-0.2, -0.15) is 0 Å². The summed E-state index contributed by atoms with van der Waals surface area (Å²) in [5.74, 6) is -0.883.